The van der Waals surface area contributed by atoms with Gasteiger partial charge in [0, 0.05) is 24.4 Å². The van der Waals surface area contributed by atoms with Gasteiger partial charge in [0.1, 0.15) is 0 Å². The van der Waals surface area contributed by atoms with Crippen molar-refractivity contribution in [2.75, 3.05) is 7.05 Å². The maximum absolute atomic E-state index is 8.88. The topological polar surface area (TPSA) is 60.8 Å². The summed E-state index contributed by atoms with van der Waals surface area (Å²) in [6.45, 7) is 10.2. The number of aliphatic imine (C=N–C) groups is 1. The van der Waals surface area contributed by atoms with Crippen molar-refractivity contribution in [1.82, 2.24) is 4.98 Å². The van der Waals surface area contributed by atoms with Crippen LogP contribution in [0.2, 0.25) is 0 Å². The molecule has 1 saturated heterocycles. The van der Waals surface area contributed by atoms with E-state index in [0.717, 1.165) is 11.2 Å². The Hall–Kier alpha value is -1.49. The first-order chi connectivity index (χ1) is 9.23. The number of aromatic nitrogens is 1. The van der Waals surface area contributed by atoms with Crippen LogP contribution in [0.3, 0.4) is 0 Å². The van der Waals surface area contributed by atoms with Crippen LogP contribution in [-0.2, 0) is 14.1 Å². The van der Waals surface area contributed by atoms with Crippen molar-refractivity contribution < 1.29 is 14.1 Å². The SMILES string of the molecule is CN=C=O.Cc1ccc(B2OC(C)(C)C(C)(C)O2)cn1. The number of aryl methyl sites for hydroxylation is 1. The molecule has 0 unspecified atom stereocenters. The van der Waals surface area contributed by atoms with Gasteiger partial charge in [-0.3, -0.25) is 4.98 Å². The van der Waals surface area contributed by atoms with E-state index in [1.54, 1.807) is 0 Å². The summed E-state index contributed by atoms with van der Waals surface area (Å²) in [5.74, 6) is 0. The quantitative estimate of drug-likeness (QED) is 0.444. The van der Waals surface area contributed by atoms with Crippen LogP contribution in [0, 0.1) is 6.92 Å². The summed E-state index contributed by atoms with van der Waals surface area (Å²) in [5, 5.41) is 0. The zero-order chi connectivity index (χ0) is 15.4. The van der Waals surface area contributed by atoms with Crippen LogP contribution in [-0.4, -0.2) is 36.4 Å². The molecule has 0 amide bonds. The Morgan fingerprint density at radius 1 is 1.20 bits per heavy atom. The number of rotatable bonds is 1. The highest BCUT2D eigenvalue weighted by Gasteiger charge is 2.51. The summed E-state index contributed by atoms with van der Waals surface area (Å²) in [4.78, 5) is 16.1. The number of pyridine rings is 1. The van der Waals surface area contributed by atoms with Crippen molar-refractivity contribution in [3.63, 3.8) is 0 Å². The van der Waals surface area contributed by atoms with Gasteiger partial charge in [0.25, 0.3) is 0 Å². The zero-order valence-corrected chi connectivity index (χ0v) is 12.9. The van der Waals surface area contributed by atoms with Gasteiger partial charge in [-0.2, -0.15) is 0 Å². The van der Waals surface area contributed by atoms with E-state index < -0.39 is 0 Å². The van der Waals surface area contributed by atoms with Crippen molar-refractivity contribution in [2.24, 2.45) is 4.99 Å². The molecule has 1 aliphatic rings. The van der Waals surface area contributed by atoms with Crippen LogP contribution in [0.4, 0.5) is 0 Å². The molecule has 0 saturated carbocycles. The first kappa shape index (κ1) is 16.6. The van der Waals surface area contributed by atoms with E-state index in [1.807, 2.05) is 25.3 Å². The molecule has 0 aromatic carbocycles. The van der Waals surface area contributed by atoms with E-state index in [0.29, 0.717) is 0 Å². The Labute approximate surface area is 120 Å². The molecule has 0 bridgehead atoms. The highest BCUT2D eigenvalue weighted by molar-refractivity contribution is 6.62. The molecular formula is C14H21BN2O3. The molecule has 0 atom stereocenters. The van der Waals surface area contributed by atoms with E-state index >= 15 is 0 Å². The second kappa shape index (κ2) is 6.31. The normalized spacial score (nSPS) is 18.8. The summed E-state index contributed by atoms with van der Waals surface area (Å²) in [6.07, 6.45) is 3.12. The molecule has 20 heavy (non-hydrogen) atoms. The first-order valence-corrected chi connectivity index (χ1v) is 6.47. The lowest BCUT2D eigenvalue weighted by molar-refractivity contribution is 0.00578. The molecule has 6 heteroatoms. The number of nitrogens with zero attached hydrogens (tertiary/aromatic N) is 2. The average Bonchev–Trinajstić information content (AvgIpc) is 2.59. The number of isocyanates is 1. The fraction of sp³-hybridized carbons (Fsp3) is 0.571. The molecule has 1 aromatic rings. The summed E-state index contributed by atoms with van der Waals surface area (Å²) in [6, 6.07) is 3.98. The Morgan fingerprint density at radius 2 is 1.70 bits per heavy atom. The number of hydrogen-bond acceptors (Lipinski definition) is 5. The van der Waals surface area contributed by atoms with Gasteiger partial charge in [0.15, 0.2) is 0 Å². The largest absolute Gasteiger partial charge is 0.496 e. The smallest absolute Gasteiger partial charge is 0.399 e. The predicted molar refractivity (Wildman–Crippen MR) is 78.7 cm³/mol. The van der Waals surface area contributed by atoms with Crippen LogP contribution in [0.25, 0.3) is 0 Å². The molecule has 1 aromatic heterocycles. The van der Waals surface area contributed by atoms with E-state index in [4.69, 9.17) is 14.1 Å². The molecule has 0 aliphatic carbocycles. The van der Waals surface area contributed by atoms with E-state index in [-0.39, 0.29) is 18.3 Å². The average molecular weight is 276 g/mol. The Bertz CT molecular complexity index is 478. The molecule has 1 fully saturated rings. The van der Waals surface area contributed by atoms with Crippen LogP contribution < -0.4 is 5.46 Å². The van der Waals surface area contributed by atoms with Crippen molar-refractivity contribution in [2.45, 2.75) is 45.8 Å². The molecule has 0 N–H and O–H groups in total. The first-order valence-electron chi connectivity index (χ1n) is 6.47. The monoisotopic (exact) mass is 276 g/mol. The van der Waals surface area contributed by atoms with E-state index in [2.05, 4.69) is 37.7 Å². The minimum atomic E-state index is -0.307. The van der Waals surface area contributed by atoms with Crippen LogP contribution in [0.1, 0.15) is 33.4 Å². The number of carbonyl (C=O) groups excluding carboxylic acids is 1. The van der Waals surface area contributed by atoms with Gasteiger partial charge in [0.2, 0.25) is 6.08 Å². The van der Waals surface area contributed by atoms with Gasteiger partial charge in [-0.1, -0.05) is 6.07 Å². The lowest BCUT2D eigenvalue weighted by atomic mass is 9.80. The van der Waals surface area contributed by atoms with Crippen LogP contribution >= 0.6 is 0 Å². The Kier molecular flexibility index (Phi) is 5.23. The fourth-order valence-electron chi connectivity index (χ4n) is 1.60. The van der Waals surface area contributed by atoms with Gasteiger partial charge in [0.05, 0.1) is 11.2 Å². The highest BCUT2D eigenvalue weighted by atomic mass is 16.7. The highest BCUT2D eigenvalue weighted by Crippen LogP contribution is 2.36. The van der Waals surface area contributed by atoms with E-state index in [1.165, 1.54) is 13.1 Å². The molecular weight excluding hydrogens is 255 g/mol. The Balaban J connectivity index is 0.000000444. The summed E-state index contributed by atoms with van der Waals surface area (Å²) >= 11 is 0. The van der Waals surface area contributed by atoms with Gasteiger partial charge in [-0.05, 0) is 40.7 Å². The second-order valence-electron chi connectivity index (χ2n) is 5.64. The molecule has 0 radical (unpaired) electrons. The maximum Gasteiger partial charge on any atom is 0.496 e. The van der Waals surface area contributed by atoms with Crippen molar-refractivity contribution in [3.8, 4) is 0 Å². The predicted octanol–water partition coefficient (Wildman–Crippen LogP) is 1.64. The Morgan fingerprint density at radius 3 is 2.05 bits per heavy atom. The zero-order valence-electron chi connectivity index (χ0n) is 12.9. The molecule has 5 nitrogen and oxygen atoms in total. The molecule has 2 rings (SSSR count). The summed E-state index contributed by atoms with van der Waals surface area (Å²) in [5.41, 5.74) is 1.40. The molecule has 108 valence electrons. The minimum absolute atomic E-state index is 0.289. The summed E-state index contributed by atoms with van der Waals surface area (Å²) in [7, 11) is 1.07. The third-order valence-electron chi connectivity index (χ3n) is 3.55. The molecule has 0 spiro atoms. The van der Waals surface area contributed by atoms with Gasteiger partial charge >= 0.3 is 7.12 Å². The lowest BCUT2D eigenvalue weighted by Gasteiger charge is -2.32. The number of hydrogen-bond donors (Lipinski definition) is 0. The van der Waals surface area contributed by atoms with E-state index in [9.17, 15) is 0 Å². The second-order valence-corrected chi connectivity index (χ2v) is 5.64. The van der Waals surface area contributed by atoms with Gasteiger partial charge < -0.3 is 9.31 Å². The lowest BCUT2D eigenvalue weighted by Crippen LogP contribution is -2.41. The maximum atomic E-state index is 8.88. The van der Waals surface area contributed by atoms with Crippen molar-refractivity contribution in [3.05, 3.63) is 24.0 Å². The van der Waals surface area contributed by atoms with Crippen LogP contribution in [0.15, 0.2) is 23.3 Å². The third-order valence-corrected chi connectivity index (χ3v) is 3.55. The van der Waals surface area contributed by atoms with Crippen molar-refractivity contribution >= 4 is 18.7 Å². The molecule has 2 heterocycles. The standard InChI is InChI=1S/C12H18BNO2.C2H3NO/c1-9-6-7-10(8-14-9)13-15-11(2,3)12(4,5)16-13;1-3-2-4/h6-8H,1-5H3;1H3. The third kappa shape index (κ3) is 3.76. The molecule has 1 aliphatic heterocycles. The van der Waals surface area contributed by atoms with Crippen molar-refractivity contribution in [1.29, 1.82) is 0 Å². The van der Waals surface area contributed by atoms with Gasteiger partial charge in [-0.15, -0.1) is 0 Å². The van der Waals surface area contributed by atoms with Gasteiger partial charge in [-0.25, -0.2) is 9.79 Å². The fourth-order valence-corrected chi connectivity index (χ4v) is 1.60. The minimum Gasteiger partial charge on any atom is -0.399 e. The van der Waals surface area contributed by atoms with Crippen LogP contribution in [0.5, 0.6) is 0 Å². The summed E-state index contributed by atoms with van der Waals surface area (Å²) < 4.78 is 11.9.